The predicted octanol–water partition coefficient (Wildman–Crippen LogP) is 1.68. The summed E-state index contributed by atoms with van der Waals surface area (Å²) in [5.41, 5.74) is -0.0989. The molecule has 16 heavy (non-hydrogen) atoms. The van der Waals surface area contributed by atoms with Crippen LogP contribution in [0.4, 0.5) is 0 Å². The Morgan fingerprint density at radius 3 is 2.88 bits per heavy atom. The molecule has 0 radical (unpaired) electrons. The van der Waals surface area contributed by atoms with Crippen molar-refractivity contribution in [1.29, 1.82) is 0 Å². The van der Waals surface area contributed by atoms with Gasteiger partial charge in [0.15, 0.2) is 0 Å². The van der Waals surface area contributed by atoms with Crippen molar-refractivity contribution in [2.75, 3.05) is 19.6 Å². The summed E-state index contributed by atoms with van der Waals surface area (Å²) >= 11 is 0. The third-order valence-electron chi connectivity index (χ3n) is 3.99. The van der Waals surface area contributed by atoms with E-state index < -0.39 is 0 Å². The maximum atomic E-state index is 12.2. The van der Waals surface area contributed by atoms with Crippen LogP contribution in [0.1, 0.15) is 45.4 Å². The van der Waals surface area contributed by atoms with Crippen molar-refractivity contribution >= 4 is 5.91 Å². The molecule has 1 aliphatic carbocycles. The Morgan fingerprint density at radius 1 is 1.50 bits per heavy atom. The lowest BCUT2D eigenvalue weighted by Crippen LogP contribution is -2.42. The monoisotopic (exact) mass is 224 g/mol. The first-order valence-electron chi connectivity index (χ1n) is 6.76. The average molecular weight is 224 g/mol. The summed E-state index contributed by atoms with van der Waals surface area (Å²) in [6, 6.07) is 0. The van der Waals surface area contributed by atoms with Crippen LogP contribution in [0.3, 0.4) is 0 Å². The highest BCUT2D eigenvalue weighted by Gasteiger charge is 2.40. The fourth-order valence-corrected chi connectivity index (χ4v) is 2.73. The minimum absolute atomic E-state index is 0.0989. The summed E-state index contributed by atoms with van der Waals surface area (Å²) in [5, 5.41) is 6.47. The molecule has 1 saturated heterocycles. The molecular weight excluding hydrogens is 200 g/mol. The summed E-state index contributed by atoms with van der Waals surface area (Å²) in [7, 11) is 0. The lowest BCUT2D eigenvalue weighted by atomic mass is 9.81. The van der Waals surface area contributed by atoms with E-state index in [1.165, 1.54) is 19.3 Å². The molecule has 3 heteroatoms. The smallest absolute Gasteiger partial charge is 0.227 e. The van der Waals surface area contributed by atoms with E-state index >= 15 is 0 Å². The van der Waals surface area contributed by atoms with Crippen LogP contribution in [0.15, 0.2) is 0 Å². The number of hydrogen-bond donors (Lipinski definition) is 2. The number of rotatable bonds is 6. The second kappa shape index (κ2) is 5.17. The van der Waals surface area contributed by atoms with Crippen LogP contribution in [-0.2, 0) is 4.79 Å². The summed E-state index contributed by atoms with van der Waals surface area (Å²) < 4.78 is 0. The Balaban J connectivity index is 1.78. The summed E-state index contributed by atoms with van der Waals surface area (Å²) in [6.07, 6.45) is 7.06. The second-order valence-electron chi connectivity index (χ2n) is 5.45. The molecule has 2 fully saturated rings. The zero-order valence-electron chi connectivity index (χ0n) is 10.3. The molecule has 3 nitrogen and oxygen atoms in total. The van der Waals surface area contributed by atoms with Gasteiger partial charge in [-0.05, 0) is 31.7 Å². The van der Waals surface area contributed by atoms with E-state index in [4.69, 9.17) is 0 Å². The summed E-state index contributed by atoms with van der Waals surface area (Å²) in [4.78, 5) is 12.2. The van der Waals surface area contributed by atoms with Crippen molar-refractivity contribution in [3.05, 3.63) is 0 Å². The molecule has 0 spiro atoms. The molecule has 2 rings (SSSR count). The molecule has 1 atom stereocenters. The number of carbonyl (C=O) groups excluding carboxylic acids is 1. The molecule has 0 bridgehead atoms. The van der Waals surface area contributed by atoms with E-state index in [-0.39, 0.29) is 5.41 Å². The second-order valence-corrected chi connectivity index (χ2v) is 5.45. The Labute approximate surface area is 98.4 Å². The van der Waals surface area contributed by atoms with Crippen LogP contribution in [-0.4, -0.2) is 25.5 Å². The van der Waals surface area contributed by atoms with E-state index in [1.807, 2.05) is 0 Å². The van der Waals surface area contributed by atoms with Crippen LogP contribution >= 0.6 is 0 Å². The van der Waals surface area contributed by atoms with E-state index in [9.17, 15) is 4.79 Å². The van der Waals surface area contributed by atoms with Crippen molar-refractivity contribution in [1.82, 2.24) is 10.6 Å². The molecule has 92 valence electrons. The van der Waals surface area contributed by atoms with Gasteiger partial charge in [-0.1, -0.05) is 26.2 Å². The van der Waals surface area contributed by atoms with Gasteiger partial charge in [0, 0.05) is 13.1 Å². The van der Waals surface area contributed by atoms with Gasteiger partial charge in [-0.15, -0.1) is 0 Å². The van der Waals surface area contributed by atoms with Gasteiger partial charge in [0.2, 0.25) is 5.91 Å². The SMILES string of the molecule is CCCC1(C(=O)NCCC2CC2)CCNC1. The largest absolute Gasteiger partial charge is 0.356 e. The first-order chi connectivity index (χ1) is 7.77. The van der Waals surface area contributed by atoms with Gasteiger partial charge in [-0.2, -0.15) is 0 Å². The standard InChI is InChI=1S/C13H24N2O/c1-2-6-13(7-9-14-10-13)12(16)15-8-5-11-3-4-11/h11,14H,2-10H2,1H3,(H,15,16). The molecule has 1 amide bonds. The van der Waals surface area contributed by atoms with Crippen molar-refractivity contribution in [3.8, 4) is 0 Å². The van der Waals surface area contributed by atoms with Crippen molar-refractivity contribution in [2.24, 2.45) is 11.3 Å². The van der Waals surface area contributed by atoms with Crippen LogP contribution in [0.2, 0.25) is 0 Å². The Bertz CT molecular complexity index is 242. The maximum Gasteiger partial charge on any atom is 0.227 e. The molecule has 0 aromatic heterocycles. The molecule has 2 N–H and O–H groups in total. The lowest BCUT2D eigenvalue weighted by molar-refractivity contribution is -0.130. The normalized spacial score (nSPS) is 29.3. The Hall–Kier alpha value is -0.570. The number of amides is 1. The van der Waals surface area contributed by atoms with Gasteiger partial charge in [0.1, 0.15) is 0 Å². The molecule has 2 aliphatic rings. The molecule has 1 heterocycles. The van der Waals surface area contributed by atoms with Gasteiger partial charge in [-0.3, -0.25) is 4.79 Å². The summed E-state index contributed by atoms with van der Waals surface area (Å²) in [6.45, 7) is 4.92. The van der Waals surface area contributed by atoms with Gasteiger partial charge in [-0.25, -0.2) is 0 Å². The first kappa shape index (κ1) is 11.9. The lowest BCUT2D eigenvalue weighted by Gasteiger charge is -2.26. The number of carbonyl (C=O) groups is 1. The van der Waals surface area contributed by atoms with Crippen molar-refractivity contribution in [3.63, 3.8) is 0 Å². The minimum Gasteiger partial charge on any atom is -0.356 e. The van der Waals surface area contributed by atoms with Crippen molar-refractivity contribution in [2.45, 2.75) is 45.4 Å². The highest BCUT2D eigenvalue weighted by molar-refractivity contribution is 5.83. The third kappa shape index (κ3) is 2.76. The fourth-order valence-electron chi connectivity index (χ4n) is 2.73. The number of nitrogens with one attached hydrogen (secondary N) is 2. The molecule has 1 aliphatic heterocycles. The van der Waals surface area contributed by atoms with Gasteiger partial charge >= 0.3 is 0 Å². The van der Waals surface area contributed by atoms with Crippen LogP contribution in [0.5, 0.6) is 0 Å². The Morgan fingerprint density at radius 2 is 2.31 bits per heavy atom. The molecule has 1 unspecified atom stereocenters. The quantitative estimate of drug-likeness (QED) is 0.721. The first-order valence-corrected chi connectivity index (χ1v) is 6.76. The Kier molecular flexibility index (Phi) is 3.85. The maximum absolute atomic E-state index is 12.2. The molecule has 0 aromatic rings. The van der Waals surface area contributed by atoms with Crippen LogP contribution < -0.4 is 10.6 Å². The highest BCUT2D eigenvalue weighted by atomic mass is 16.2. The zero-order valence-corrected chi connectivity index (χ0v) is 10.3. The highest BCUT2D eigenvalue weighted by Crippen LogP contribution is 2.33. The van der Waals surface area contributed by atoms with Gasteiger partial charge in [0.05, 0.1) is 5.41 Å². The molecule has 1 saturated carbocycles. The zero-order chi connectivity index (χ0) is 11.4. The number of hydrogen-bond acceptors (Lipinski definition) is 2. The average Bonchev–Trinajstić information content (AvgIpc) is 2.97. The third-order valence-corrected chi connectivity index (χ3v) is 3.99. The minimum atomic E-state index is -0.0989. The molecule has 0 aromatic carbocycles. The van der Waals surface area contributed by atoms with Gasteiger partial charge in [0.25, 0.3) is 0 Å². The van der Waals surface area contributed by atoms with E-state index in [1.54, 1.807) is 0 Å². The van der Waals surface area contributed by atoms with Crippen LogP contribution in [0.25, 0.3) is 0 Å². The van der Waals surface area contributed by atoms with E-state index in [0.717, 1.165) is 44.8 Å². The summed E-state index contributed by atoms with van der Waals surface area (Å²) in [5.74, 6) is 1.20. The topological polar surface area (TPSA) is 41.1 Å². The van der Waals surface area contributed by atoms with E-state index in [2.05, 4.69) is 17.6 Å². The predicted molar refractivity (Wildman–Crippen MR) is 65.2 cm³/mol. The van der Waals surface area contributed by atoms with Crippen LogP contribution in [0, 0.1) is 11.3 Å². The molecular formula is C13H24N2O. The van der Waals surface area contributed by atoms with Crippen molar-refractivity contribution < 1.29 is 4.79 Å². The van der Waals surface area contributed by atoms with E-state index in [0.29, 0.717) is 5.91 Å². The fraction of sp³-hybridized carbons (Fsp3) is 0.923. The van der Waals surface area contributed by atoms with Gasteiger partial charge < -0.3 is 10.6 Å².